The van der Waals surface area contributed by atoms with Gasteiger partial charge in [0.15, 0.2) is 0 Å². The quantitative estimate of drug-likeness (QED) is 0.772. The van der Waals surface area contributed by atoms with E-state index >= 15 is 0 Å². The SMILES string of the molecule is CCOC(=O)c1cccc(-n2nnnc2N)c1. The molecule has 0 aliphatic carbocycles. The summed E-state index contributed by atoms with van der Waals surface area (Å²) in [6, 6.07) is 6.73. The van der Waals surface area contributed by atoms with E-state index in [-0.39, 0.29) is 11.9 Å². The van der Waals surface area contributed by atoms with Crippen molar-refractivity contribution in [3.63, 3.8) is 0 Å². The molecule has 1 heterocycles. The number of carbonyl (C=O) groups is 1. The monoisotopic (exact) mass is 233 g/mol. The molecule has 1 aromatic heterocycles. The van der Waals surface area contributed by atoms with Crippen LogP contribution in [0.5, 0.6) is 0 Å². The molecule has 2 N–H and O–H groups in total. The molecule has 17 heavy (non-hydrogen) atoms. The van der Waals surface area contributed by atoms with E-state index in [2.05, 4.69) is 15.5 Å². The van der Waals surface area contributed by atoms with Gasteiger partial charge < -0.3 is 10.5 Å². The molecule has 0 bridgehead atoms. The number of hydrogen-bond acceptors (Lipinski definition) is 6. The van der Waals surface area contributed by atoms with Crippen LogP contribution in [0.1, 0.15) is 17.3 Å². The molecule has 0 aliphatic rings. The van der Waals surface area contributed by atoms with Crippen LogP contribution >= 0.6 is 0 Å². The van der Waals surface area contributed by atoms with Crippen LogP contribution in [-0.2, 0) is 4.74 Å². The minimum atomic E-state index is -0.388. The van der Waals surface area contributed by atoms with Crippen LogP contribution in [0.4, 0.5) is 5.95 Å². The Hall–Kier alpha value is -2.44. The van der Waals surface area contributed by atoms with Crippen molar-refractivity contribution in [3.8, 4) is 5.69 Å². The number of esters is 1. The number of benzene rings is 1. The number of tetrazole rings is 1. The van der Waals surface area contributed by atoms with Gasteiger partial charge in [0.1, 0.15) is 0 Å². The predicted molar refractivity (Wildman–Crippen MR) is 59.5 cm³/mol. The van der Waals surface area contributed by atoms with E-state index in [4.69, 9.17) is 10.5 Å². The molecule has 2 rings (SSSR count). The maximum atomic E-state index is 11.5. The molecule has 7 nitrogen and oxygen atoms in total. The Balaban J connectivity index is 2.35. The van der Waals surface area contributed by atoms with E-state index in [0.717, 1.165) is 0 Å². The lowest BCUT2D eigenvalue weighted by Gasteiger charge is -2.04. The van der Waals surface area contributed by atoms with Crippen molar-refractivity contribution in [1.82, 2.24) is 20.2 Å². The molecule has 0 aliphatic heterocycles. The summed E-state index contributed by atoms with van der Waals surface area (Å²) in [5.41, 5.74) is 6.61. The molecule has 0 saturated carbocycles. The maximum absolute atomic E-state index is 11.5. The number of nitrogen functional groups attached to an aromatic ring is 1. The lowest BCUT2D eigenvalue weighted by molar-refractivity contribution is 0.0526. The highest BCUT2D eigenvalue weighted by Gasteiger charge is 2.09. The predicted octanol–water partition coefficient (Wildman–Crippen LogP) is 0.421. The standard InChI is InChI=1S/C10H11N5O2/c1-2-17-9(16)7-4-3-5-8(6-7)15-10(11)12-13-14-15/h3-6H,2H2,1H3,(H2,11,12,14). The first-order valence-electron chi connectivity index (χ1n) is 5.03. The zero-order valence-electron chi connectivity index (χ0n) is 9.20. The summed E-state index contributed by atoms with van der Waals surface area (Å²) in [6.45, 7) is 2.08. The highest BCUT2D eigenvalue weighted by atomic mass is 16.5. The first kappa shape index (κ1) is 11.1. The molecule has 0 saturated heterocycles. The van der Waals surface area contributed by atoms with Crippen molar-refractivity contribution in [3.05, 3.63) is 29.8 Å². The van der Waals surface area contributed by atoms with E-state index in [0.29, 0.717) is 17.9 Å². The normalized spacial score (nSPS) is 10.2. The average molecular weight is 233 g/mol. The van der Waals surface area contributed by atoms with Crippen LogP contribution < -0.4 is 5.73 Å². The molecule has 0 unspecified atom stereocenters. The number of rotatable bonds is 3. The summed E-state index contributed by atoms with van der Waals surface area (Å²) in [4.78, 5) is 11.5. The van der Waals surface area contributed by atoms with Gasteiger partial charge in [-0.05, 0) is 35.5 Å². The zero-order chi connectivity index (χ0) is 12.3. The number of aromatic nitrogens is 4. The van der Waals surface area contributed by atoms with E-state index in [1.54, 1.807) is 31.2 Å². The molecule has 7 heteroatoms. The average Bonchev–Trinajstić information content (AvgIpc) is 2.76. The van der Waals surface area contributed by atoms with Crippen molar-refractivity contribution < 1.29 is 9.53 Å². The second-order valence-corrected chi connectivity index (χ2v) is 3.22. The number of nitrogens with two attached hydrogens (primary N) is 1. The van der Waals surface area contributed by atoms with Gasteiger partial charge in [0.2, 0.25) is 5.95 Å². The van der Waals surface area contributed by atoms with Gasteiger partial charge in [-0.1, -0.05) is 11.2 Å². The van der Waals surface area contributed by atoms with Gasteiger partial charge >= 0.3 is 5.97 Å². The molecule has 2 aromatic rings. The molecule has 0 radical (unpaired) electrons. The van der Waals surface area contributed by atoms with Crippen LogP contribution in [0.2, 0.25) is 0 Å². The minimum absolute atomic E-state index is 0.158. The fraction of sp³-hybridized carbons (Fsp3) is 0.200. The Morgan fingerprint density at radius 1 is 1.53 bits per heavy atom. The summed E-state index contributed by atoms with van der Waals surface area (Å²) in [6.07, 6.45) is 0. The second-order valence-electron chi connectivity index (χ2n) is 3.22. The molecule has 0 amide bonds. The molecular weight excluding hydrogens is 222 g/mol. The van der Waals surface area contributed by atoms with Crippen molar-refractivity contribution in [2.75, 3.05) is 12.3 Å². The molecule has 0 atom stereocenters. The molecule has 88 valence electrons. The summed E-state index contributed by atoms with van der Waals surface area (Å²) in [7, 11) is 0. The van der Waals surface area contributed by atoms with Gasteiger partial charge in [-0.2, -0.15) is 4.68 Å². The molecular formula is C10H11N5O2. The topological polar surface area (TPSA) is 95.9 Å². The van der Waals surface area contributed by atoms with Gasteiger partial charge in [0.05, 0.1) is 17.9 Å². The summed E-state index contributed by atoms with van der Waals surface area (Å²) >= 11 is 0. The Morgan fingerprint density at radius 3 is 3.00 bits per heavy atom. The lowest BCUT2D eigenvalue weighted by atomic mass is 10.2. The Morgan fingerprint density at radius 2 is 2.35 bits per heavy atom. The van der Waals surface area contributed by atoms with Crippen molar-refractivity contribution in [1.29, 1.82) is 0 Å². The molecule has 1 aromatic carbocycles. The summed E-state index contributed by atoms with van der Waals surface area (Å²) in [5, 5.41) is 10.7. The van der Waals surface area contributed by atoms with Crippen LogP contribution in [0, 0.1) is 0 Å². The van der Waals surface area contributed by atoms with E-state index in [9.17, 15) is 4.79 Å². The van der Waals surface area contributed by atoms with E-state index in [1.165, 1.54) is 4.68 Å². The Labute approximate surface area is 97.2 Å². The first-order chi connectivity index (χ1) is 8.22. The zero-order valence-corrected chi connectivity index (χ0v) is 9.20. The highest BCUT2D eigenvalue weighted by molar-refractivity contribution is 5.90. The summed E-state index contributed by atoms with van der Waals surface area (Å²) < 4.78 is 6.24. The van der Waals surface area contributed by atoms with Crippen LogP contribution in [-0.4, -0.2) is 32.8 Å². The Kier molecular flexibility index (Phi) is 2.99. The van der Waals surface area contributed by atoms with Crippen LogP contribution in [0.15, 0.2) is 24.3 Å². The van der Waals surface area contributed by atoms with Gasteiger partial charge in [-0.15, -0.1) is 0 Å². The van der Waals surface area contributed by atoms with E-state index < -0.39 is 0 Å². The number of carbonyl (C=O) groups excluding carboxylic acids is 1. The van der Waals surface area contributed by atoms with Crippen molar-refractivity contribution in [2.24, 2.45) is 0 Å². The number of nitrogens with zero attached hydrogens (tertiary/aromatic N) is 4. The Bertz CT molecular complexity index is 537. The third-order valence-corrected chi connectivity index (χ3v) is 2.10. The van der Waals surface area contributed by atoms with Gasteiger partial charge in [0.25, 0.3) is 0 Å². The first-order valence-corrected chi connectivity index (χ1v) is 5.03. The molecule has 0 fully saturated rings. The largest absolute Gasteiger partial charge is 0.462 e. The number of anilines is 1. The third kappa shape index (κ3) is 2.22. The van der Waals surface area contributed by atoms with Gasteiger partial charge in [0, 0.05) is 0 Å². The maximum Gasteiger partial charge on any atom is 0.338 e. The lowest BCUT2D eigenvalue weighted by Crippen LogP contribution is -2.07. The highest BCUT2D eigenvalue weighted by Crippen LogP contribution is 2.12. The third-order valence-electron chi connectivity index (χ3n) is 2.10. The fourth-order valence-corrected chi connectivity index (χ4v) is 1.36. The molecule has 0 spiro atoms. The fourth-order valence-electron chi connectivity index (χ4n) is 1.36. The smallest absolute Gasteiger partial charge is 0.338 e. The van der Waals surface area contributed by atoms with Crippen molar-refractivity contribution in [2.45, 2.75) is 6.92 Å². The number of hydrogen-bond donors (Lipinski definition) is 1. The van der Waals surface area contributed by atoms with Crippen molar-refractivity contribution >= 4 is 11.9 Å². The second kappa shape index (κ2) is 4.60. The minimum Gasteiger partial charge on any atom is -0.462 e. The van der Waals surface area contributed by atoms with Gasteiger partial charge in [-0.25, -0.2) is 4.79 Å². The summed E-state index contributed by atoms with van der Waals surface area (Å²) in [5.74, 6) is -0.230. The van der Waals surface area contributed by atoms with Crippen LogP contribution in [0.3, 0.4) is 0 Å². The number of ether oxygens (including phenoxy) is 1. The van der Waals surface area contributed by atoms with Gasteiger partial charge in [-0.3, -0.25) is 0 Å². The van der Waals surface area contributed by atoms with Crippen LogP contribution in [0.25, 0.3) is 5.69 Å². The van der Waals surface area contributed by atoms with E-state index in [1.807, 2.05) is 0 Å².